The summed E-state index contributed by atoms with van der Waals surface area (Å²) in [6.07, 6.45) is 0.390. The number of carboxylic acids is 1. The van der Waals surface area contributed by atoms with Crippen molar-refractivity contribution in [3.63, 3.8) is 0 Å². The number of halogens is 1. The molecule has 0 saturated carbocycles. The molecule has 1 atom stereocenters. The molecule has 158 valence electrons. The normalized spacial score (nSPS) is 17.8. The van der Waals surface area contributed by atoms with Crippen LogP contribution in [0, 0.1) is 0 Å². The number of ether oxygens (including phenoxy) is 2. The molecule has 0 bridgehead atoms. The van der Waals surface area contributed by atoms with Gasteiger partial charge in [-0.15, -0.1) is 0 Å². The number of aliphatic carboxylic acids is 1. The molecule has 0 unspecified atom stereocenters. The van der Waals surface area contributed by atoms with Crippen LogP contribution in [-0.4, -0.2) is 48.0 Å². The average Bonchev–Trinajstić information content (AvgIpc) is 2.74. The summed E-state index contributed by atoms with van der Waals surface area (Å²) in [5.41, 5.74) is 1.52. The summed E-state index contributed by atoms with van der Waals surface area (Å²) in [5, 5.41) is 11.3. The maximum atomic E-state index is 12.7. The zero-order chi connectivity index (χ0) is 21.7. The van der Waals surface area contributed by atoms with Gasteiger partial charge in [0.1, 0.15) is 0 Å². The summed E-state index contributed by atoms with van der Waals surface area (Å²) in [6, 6.07) is 12.3. The number of nitrogens with zero attached hydrogens (tertiary/aromatic N) is 2. The van der Waals surface area contributed by atoms with Crippen LogP contribution in [0.2, 0.25) is 5.02 Å². The van der Waals surface area contributed by atoms with Crippen LogP contribution in [0.5, 0.6) is 11.5 Å². The lowest BCUT2D eigenvalue weighted by Crippen LogP contribution is -2.48. The van der Waals surface area contributed by atoms with E-state index in [0.29, 0.717) is 40.3 Å². The quantitative estimate of drug-likeness (QED) is 0.648. The highest BCUT2D eigenvalue weighted by Crippen LogP contribution is 2.31. The van der Waals surface area contributed by atoms with Crippen LogP contribution in [-0.2, 0) is 16.0 Å². The summed E-state index contributed by atoms with van der Waals surface area (Å²) in [5.74, 6) is -0.373. The van der Waals surface area contributed by atoms with Crippen molar-refractivity contribution in [1.82, 2.24) is 4.90 Å². The number of hydrogen-bond donors (Lipinski definition) is 0. The maximum Gasteiger partial charge on any atom is 0.230 e. The molecule has 0 radical (unpaired) electrons. The molecule has 0 N–H and O–H groups in total. The monoisotopic (exact) mass is 447 g/mol. The smallest absolute Gasteiger partial charge is 0.230 e. The van der Waals surface area contributed by atoms with Crippen LogP contribution in [0.3, 0.4) is 0 Å². The van der Waals surface area contributed by atoms with Crippen LogP contribution in [0.25, 0.3) is 0 Å². The first kappa shape index (κ1) is 22.0. The Hall–Kier alpha value is -2.71. The minimum absolute atomic E-state index is 0.140. The molecule has 1 aliphatic rings. The van der Waals surface area contributed by atoms with E-state index in [4.69, 9.17) is 21.1 Å². The number of amidine groups is 1. The number of carbonyl (C=O) groups is 2. The van der Waals surface area contributed by atoms with E-state index in [1.807, 2.05) is 12.1 Å². The summed E-state index contributed by atoms with van der Waals surface area (Å²) < 4.78 is 10.6. The van der Waals surface area contributed by atoms with E-state index in [2.05, 4.69) is 4.99 Å². The van der Waals surface area contributed by atoms with E-state index in [-0.39, 0.29) is 12.3 Å². The number of carbonyl (C=O) groups excluding carboxylic acids is 2. The summed E-state index contributed by atoms with van der Waals surface area (Å²) in [4.78, 5) is 30.0. The Morgan fingerprint density at radius 1 is 1.20 bits per heavy atom. The van der Waals surface area contributed by atoms with Crippen molar-refractivity contribution in [3.05, 3.63) is 53.1 Å². The Morgan fingerprint density at radius 2 is 1.90 bits per heavy atom. The molecular weight excluding hydrogens is 428 g/mol. The Balaban J connectivity index is 1.83. The fraction of sp³-hybridized carbons (Fsp3) is 0.286. The molecular formula is C21H20ClN2O5S-. The van der Waals surface area contributed by atoms with Crippen LogP contribution in [0.4, 0.5) is 5.69 Å². The molecule has 1 saturated heterocycles. The molecule has 0 spiro atoms. The van der Waals surface area contributed by atoms with Gasteiger partial charge in [-0.2, -0.15) is 0 Å². The number of thioether (sulfide) groups is 1. The van der Waals surface area contributed by atoms with Crippen molar-refractivity contribution in [2.75, 3.05) is 20.8 Å². The molecule has 0 aliphatic carbocycles. The predicted molar refractivity (Wildman–Crippen MR) is 115 cm³/mol. The Kier molecular flexibility index (Phi) is 7.23. The zero-order valence-corrected chi connectivity index (χ0v) is 18.0. The molecule has 3 rings (SSSR count). The van der Waals surface area contributed by atoms with Crippen molar-refractivity contribution < 1.29 is 24.2 Å². The minimum Gasteiger partial charge on any atom is -0.549 e. The van der Waals surface area contributed by atoms with Crippen molar-refractivity contribution in [1.29, 1.82) is 0 Å². The lowest BCUT2D eigenvalue weighted by Gasteiger charge is -2.32. The van der Waals surface area contributed by atoms with E-state index in [1.165, 1.54) is 4.90 Å². The third-order valence-electron chi connectivity index (χ3n) is 4.53. The standard InChI is InChI=1S/C21H21ClN2O5S/c1-28-16-8-3-13(11-17(16)29-2)9-10-24-19(25)12-18(20(26)27)30-21(24)23-15-6-4-14(22)5-7-15/h3-8,11,18H,9-10,12H2,1-2H3,(H,26,27)/p-1/t18-/m0/s1. The molecule has 1 fully saturated rings. The highest BCUT2D eigenvalue weighted by Gasteiger charge is 2.32. The third-order valence-corrected chi connectivity index (χ3v) is 5.94. The number of amides is 1. The lowest BCUT2D eigenvalue weighted by molar-refractivity contribution is -0.304. The molecule has 9 heteroatoms. The Morgan fingerprint density at radius 3 is 2.53 bits per heavy atom. The average molecular weight is 448 g/mol. The van der Waals surface area contributed by atoms with Gasteiger partial charge in [-0.05, 0) is 48.4 Å². The fourth-order valence-corrected chi connectivity index (χ4v) is 4.13. The summed E-state index contributed by atoms with van der Waals surface area (Å²) in [6.45, 7) is 0.341. The van der Waals surface area contributed by atoms with Crippen molar-refractivity contribution in [2.45, 2.75) is 18.1 Å². The van der Waals surface area contributed by atoms with Crippen LogP contribution in [0.15, 0.2) is 47.5 Å². The summed E-state index contributed by atoms with van der Waals surface area (Å²) in [7, 11) is 3.12. The Bertz CT molecular complexity index is 964. The van der Waals surface area contributed by atoms with E-state index >= 15 is 0 Å². The van der Waals surface area contributed by atoms with E-state index in [9.17, 15) is 14.7 Å². The van der Waals surface area contributed by atoms with Crippen LogP contribution >= 0.6 is 23.4 Å². The van der Waals surface area contributed by atoms with Gasteiger partial charge in [0.15, 0.2) is 16.7 Å². The molecule has 2 aromatic rings. The zero-order valence-electron chi connectivity index (χ0n) is 16.5. The number of rotatable bonds is 7. The van der Waals surface area contributed by atoms with Gasteiger partial charge in [0, 0.05) is 18.0 Å². The molecule has 2 aromatic carbocycles. The van der Waals surface area contributed by atoms with Gasteiger partial charge in [0.05, 0.1) is 31.1 Å². The van der Waals surface area contributed by atoms with E-state index in [0.717, 1.165) is 17.3 Å². The van der Waals surface area contributed by atoms with Crippen molar-refractivity contribution >= 4 is 46.1 Å². The highest BCUT2D eigenvalue weighted by molar-refractivity contribution is 8.15. The topological polar surface area (TPSA) is 91.3 Å². The maximum absolute atomic E-state index is 12.7. The van der Waals surface area contributed by atoms with Gasteiger partial charge in [0.25, 0.3) is 0 Å². The highest BCUT2D eigenvalue weighted by atomic mass is 35.5. The molecule has 7 nitrogen and oxygen atoms in total. The minimum atomic E-state index is -1.28. The third kappa shape index (κ3) is 5.25. The number of methoxy groups -OCH3 is 2. The van der Waals surface area contributed by atoms with Crippen LogP contribution < -0.4 is 14.6 Å². The second kappa shape index (κ2) is 9.86. The fourth-order valence-electron chi connectivity index (χ4n) is 2.95. The number of carboxylic acid groups (broad SMARTS) is 1. The van der Waals surface area contributed by atoms with Gasteiger partial charge < -0.3 is 19.4 Å². The second-order valence-corrected chi connectivity index (χ2v) is 8.09. The largest absolute Gasteiger partial charge is 0.549 e. The molecule has 1 amide bonds. The first-order chi connectivity index (χ1) is 14.4. The Labute approximate surface area is 183 Å². The van der Waals surface area contributed by atoms with Gasteiger partial charge in [-0.1, -0.05) is 29.4 Å². The predicted octanol–water partition coefficient (Wildman–Crippen LogP) is 2.67. The van der Waals surface area contributed by atoms with Gasteiger partial charge in [-0.25, -0.2) is 4.99 Å². The first-order valence-electron chi connectivity index (χ1n) is 9.14. The second-order valence-electron chi connectivity index (χ2n) is 6.49. The lowest BCUT2D eigenvalue weighted by atomic mass is 10.1. The molecule has 30 heavy (non-hydrogen) atoms. The number of aliphatic imine (C=N–C) groups is 1. The van der Waals surface area contributed by atoms with Crippen molar-refractivity contribution in [3.8, 4) is 11.5 Å². The van der Waals surface area contributed by atoms with Crippen LogP contribution in [0.1, 0.15) is 12.0 Å². The SMILES string of the molecule is COc1ccc(CCN2C(=O)C[C@@H](C(=O)[O-])SC2=Nc2ccc(Cl)cc2)cc1OC. The summed E-state index contributed by atoms with van der Waals surface area (Å²) >= 11 is 6.93. The number of hydrogen-bond acceptors (Lipinski definition) is 7. The van der Waals surface area contributed by atoms with Gasteiger partial charge in [-0.3, -0.25) is 9.69 Å². The molecule has 1 heterocycles. The molecule has 1 aliphatic heterocycles. The van der Waals surface area contributed by atoms with E-state index in [1.54, 1.807) is 44.6 Å². The van der Waals surface area contributed by atoms with Gasteiger partial charge in [0.2, 0.25) is 5.91 Å². The molecule has 0 aromatic heterocycles. The van der Waals surface area contributed by atoms with Crippen molar-refractivity contribution in [2.24, 2.45) is 4.99 Å². The van der Waals surface area contributed by atoms with E-state index < -0.39 is 11.2 Å². The number of benzene rings is 2. The van der Waals surface area contributed by atoms with Gasteiger partial charge >= 0.3 is 0 Å². The first-order valence-corrected chi connectivity index (χ1v) is 10.4.